The molecule has 3 aromatic rings. The lowest BCUT2D eigenvalue weighted by molar-refractivity contribution is -0.869. The summed E-state index contributed by atoms with van der Waals surface area (Å²) < 4.78 is 27.8. The third-order valence-corrected chi connectivity index (χ3v) is 9.10. The van der Waals surface area contributed by atoms with E-state index in [0.29, 0.717) is 22.9 Å². The van der Waals surface area contributed by atoms with Gasteiger partial charge in [-0.25, -0.2) is 13.2 Å². The van der Waals surface area contributed by atoms with Gasteiger partial charge in [-0.1, -0.05) is 35.1 Å². The van der Waals surface area contributed by atoms with E-state index in [1.54, 1.807) is 41.0 Å². The molecule has 176 valence electrons. The average molecular weight is 509 g/mol. The number of rotatable bonds is 6. The van der Waals surface area contributed by atoms with Crippen molar-refractivity contribution in [2.24, 2.45) is 12.1 Å². The minimum atomic E-state index is -3.64. The van der Waals surface area contributed by atoms with Crippen LogP contribution in [0, 0.1) is 0 Å². The smallest absolute Gasteiger partial charge is 0.340 e. The van der Waals surface area contributed by atoms with Gasteiger partial charge < -0.3 is 9.67 Å². The molecule has 1 aliphatic rings. The van der Waals surface area contributed by atoms with Crippen LogP contribution in [-0.2, 0) is 28.3 Å². The first-order chi connectivity index (χ1) is 15.7. The third kappa shape index (κ3) is 5.07. The summed E-state index contributed by atoms with van der Waals surface area (Å²) in [6.07, 6.45) is 2.64. The molecule has 1 aliphatic heterocycles. The van der Waals surface area contributed by atoms with Gasteiger partial charge in [0.2, 0.25) is 4.80 Å². The molecule has 2 aromatic carbocycles. The van der Waals surface area contributed by atoms with Gasteiger partial charge in [0.1, 0.15) is 13.1 Å². The summed E-state index contributed by atoms with van der Waals surface area (Å²) in [6.45, 7) is 1.01. The molecular formula is C23H27ClN3O4S2+. The fourth-order valence-corrected chi connectivity index (χ4v) is 6.57. The molecule has 2 heterocycles. The maximum Gasteiger partial charge on any atom is 0.340 e. The molecule has 1 amide bonds. The monoisotopic (exact) mass is 508 g/mol. The van der Waals surface area contributed by atoms with Crippen LogP contribution in [0.4, 0.5) is 0 Å². The van der Waals surface area contributed by atoms with Gasteiger partial charge in [-0.2, -0.15) is 0 Å². The Morgan fingerprint density at radius 2 is 1.85 bits per heavy atom. The van der Waals surface area contributed by atoms with E-state index >= 15 is 0 Å². The summed E-state index contributed by atoms with van der Waals surface area (Å²) in [5.41, 5.74) is 0.724. The van der Waals surface area contributed by atoms with Crippen LogP contribution in [0.1, 0.15) is 31.4 Å². The van der Waals surface area contributed by atoms with Crippen LogP contribution in [0.25, 0.3) is 10.8 Å². The minimum absolute atomic E-state index is 0.0923. The van der Waals surface area contributed by atoms with E-state index in [2.05, 4.69) is 0 Å². The van der Waals surface area contributed by atoms with Crippen molar-refractivity contribution in [3.8, 4) is 0 Å². The van der Waals surface area contributed by atoms with Gasteiger partial charge in [0.25, 0.3) is 0 Å². The molecule has 4 rings (SSSR count). The molecule has 1 aromatic heterocycles. The van der Waals surface area contributed by atoms with Crippen LogP contribution in [0.2, 0.25) is 5.02 Å². The molecule has 1 N–H and O–H groups in total. The number of hydrogen-bond donors (Lipinski definition) is 1. The van der Waals surface area contributed by atoms with Gasteiger partial charge in [-0.15, -0.1) is 4.59 Å². The Labute approximate surface area is 202 Å². The Hall–Kier alpha value is -2.04. The number of nitrogens with zero attached hydrogens (tertiary/aromatic N) is 3. The summed E-state index contributed by atoms with van der Waals surface area (Å²) in [6, 6.07) is 10.2. The van der Waals surface area contributed by atoms with E-state index in [-0.39, 0.29) is 34.2 Å². The maximum atomic E-state index is 13.4. The second-order valence-electron chi connectivity index (χ2n) is 8.37. The van der Waals surface area contributed by atoms with E-state index in [4.69, 9.17) is 16.7 Å². The Balaban J connectivity index is 1.58. The highest BCUT2D eigenvalue weighted by Crippen LogP contribution is 2.25. The SMILES string of the molecule is Cn1c(CO)cs/c1=N\[N+]1(C(=O)CCS(=O)(=O)c2ccc3cc(Cl)ccc3c2)CCCCC1. The van der Waals surface area contributed by atoms with E-state index < -0.39 is 9.84 Å². The predicted octanol–water partition coefficient (Wildman–Crippen LogP) is 3.59. The fraction of sp³-hybridized carbons (Fsp3) is 0.391. The molecule has 0 bridgehead atoms. The molecule has 0 aliphatic carbocycles. The van der Waals surface area contributed by atoms with Gasteiger partial charge in [0, 0.05) is 17.5 Å². The number of thiazole rings is 1. The zero-order chi connectivity index (χ0) is 23.6. The summed E-state index contributed by atoms with van der Waals surface area (Å²) in [5.74, 6) is -0.455. The van der Waals surface area contributed by atoms with Crippen molar-refractivity contribution < 1.29 is 22.9 Å². The summed E-state index contributed by atoms with van der Waals surface area (Å²) in [4.78, 5) is 14.2. The number of aliphatic hydroxyl groups is 1. The van der Waals surface area contributed by atoms with Crippen LogP contribution in [0.3, 0.4) is 0 Å². The van der Waals surface area contributed by atoms with E-state index in [0.717, 1.165) is 35.7 Å². The molecule has 1 fully saturated rings. The number of halogens is 1. The van der Waals surface area contributed by atoms with E-state index in [1.165, 1.54) is 11.3 Å². The molecule has 33 heavy (non-hydrogen) atoms. The number of sulfone groups is 1. The summed E-state index contributed by atoms with van der Waals surface area (Å²) >= 11 is 7.39. The molecule has 0 atom stereocenters. The number of carbonyl (C=O) groups is 1. The minimum Gasteiger partial charge on any atom is -0.390 e. The zero-order valence-electron chi connectivity index (χ0n) is 18.4. The summed E-state index contributed by atoms with van der Waals surface area (Å²) in [7, 11) is -1.84. The largest absolute Gasteiger partial charge is 0.390 e. The quantitative estimate of drug-likeness (QED) is 0.515. The number of aliphatic hydroxyl groups excluding tert-OH is 1. The number of amides is 1. The topological polar surface area (TPSA) is 88.7 Å². The Morgan fingerprint density at radius 1 is 1.15 bits per heavy atom. The molecule has 10 heteroatoms. The Morgan fingerprint density at radius 3 is 2.55 bits per heavy atom. The molecule has 0 unspecified atom stereocenters. The lowest BCUT2D eigenvalue weighted by atomic mass is 10.1. The molecule has 0 radical (unpaired) electrons. The lowest BCUT2D eigenvalue weighted by Crippen LogP contribution is -2.53. The van der Waals surface area contributed by atoms with Crippen molar-refractivity contribution in [2.75, 3.05) is 18.8 Å². The van der Waals surface area contributed by atoms with Gasteiger partial charge >= 0.3 is 5.91 Å². The number of hydrogen-bond acceptors (Lipinski definition) is 6. The van der Waals surface area contributed by atoms with Crippen molar-refractivity contribution in [2.45, 2.75) is 37.2 Å². The Kier molecular flexibility index (Phi) is 7.07. The first-order valence-electron chi connectivity index (χ1n) is 10.9. The van der Waals surface area contributed by atoms with E-state index in [1.807, 2.05) is 12.4 Å². The maximum absolute atomic E-state index is 13.4. The average Bonchev–Trinajstić information content (AvgIpc) is 3.16. The van der Waals surface area contributed by atoms with E-state index in [9.17, 15) is 18.3 Å². The van der Waals surface area contributed by atoms with Gasteiger partial charge in [0.15, 0.2) is 9.84 Å². The fourth-order valence-electron chi connectivity index (χ4n) is 4.18. The number of likely N-dealkylation sites (tertiary alicyclic amines) is 1. The number of piperidine rings is 1. The molecule has 0 spiro atoms. The number of benzene rings is 2. The number of fused-ring (bicyclic) bond motifs is 1. The standard InChI is InChI=1S/C23H27ClN3O4S2/c1-26-20(15-28)16-32-23(26)25-27(10-3-2-4-11-27)22(29)9-12-33(30,31)21-8-6-17-13-19(24)7-5-18(17)14-21/h5-8,13-14,16,28H,2-4,9-12,15H2,1H3/q+1/b25-23-. The third-order valence-electron chi connectivity index (χ3n) is 6.19. The highest BCUT2D eigenvalue weighted by Gasteiger charge is 2.39. The molecule has 7 nitrogen and oxygen atoms in total. The zero-order valence-corrected chi connectivity index (χ0v) is 20.8. The number of carbonyl (C=O) groups excluding carboxylic acids is 1. The lowest BCUT2D eigenvalue weighted by Gasteiger charge is -2.32. The summed E-state index contributed by atoms with van der Waals surface area (Å²) in [5, 5.41) is 18.3. The number of quaternary nitrogens is 1. The van der Waals surface area contributed by atoms with Crippen molar-refractivity contribution >= 4 is 49.5 Å². The van der Waals surface area contributed by atoms with Crippen LogP contribution in [0.5, 0.6) is 0 Å². The molecular weight excluding hydrogens is 482 g/mol. The molecule has 0 saturated carbocycles. The first-order valence-corrected chi connectivity index (χ1v) is 13.8. The van der Waals surface area contributed by atoms with Crippen LogP contribution < -0.4 is 4.80 Å². The number of aromatic nitrogens is 1. The van der Waals surface area contributed by atoms with Crippen molar-refractivity contribution in [3.63, 3.8) is 0 Å². The van der Waals surface area contributed by atoms with Gasteiger partial charge in [-0.05, 0) is 59.4 Å². The molecule has 1 saturated heterocycles. The van der Waals surface area contributed by atoms with Crippen molar-refractivity contribution in [1.82, 2.24) is 4.57 Å². The van der Waals surface area contributed by atoms with Gasteiger partial charge in [0.05, 0.1) is 29.4 Å². The first kappa shape index (κ1) is 24.1. The normalized spacial score (nSPS) is 16.9. The van der Waals surface area contributed by atoms with Crippen LogP contribution in [0.15, 0.2) is 51.8 Å². The highest BCUT2D eigenvalue weighted by atomic mass is 35.5. The Bertz CT molecular complexity index is 1360. The highest BCUT2D eigenvalue weighted by molar-refractivity contribution is 7.91. The van der Waals surface area contributed by atoms with Crippen molar-refractivity contribution in [3.05, 3.63) is 57.3 Å². The van der Waals surface area contributed by atoms with Crippen LogP contribution in [-0.4, -0.2) is 47.4 Å². The predicted molar refractivity (Wildman–Crippen MR) is 129 cm³/mol. The van der Waals surface area contributed by atoms with Gasteiger partial charge in [-0.3, -0.25) is 0 Å². The second-order valence-corrected chi connectivity index (χ2v) is 11.8. The van der Waals surface area contributed by atoms with Crippen LogP contribution >= 0.6 is 22.9 Å². The van der Waals surface area contributed by atoms with Crippen molar-refractivity contribution in [1.29, 1.82) is 0 Å². The second kappa shape index (κ2) is 9.68.